The van der Waals surface area contributed by atoms with Gasteiger partial charge in [0.15, 0.2) is 0 Å². The van der Waals surface area contributed by atoms with E-state index in [1.54, 1.807) is 0 Å². The predicted molar refractivity (Wildman–Crippen MR) is 134 cm³/mol. The Morgan fingerprint density at radius 2 is 1.50 bits per heavy atom. The van der Waals surface area contributed by atoms with Crippen LogP contribution >= 0.6 is 0 Å². The van der Waals surface area contributed by atoms with Gasteiger partial charge in [0, 0.05) is 30.3 Å². The summed E-state index contributed by atoms with van der Waals surface area (Å²) in [4.78, 5) is 2.30. The molecule has 0 bridgehead atoms. The van der Waals surface area contributed by atoms with Crippen LogP contribution in [0.4, 0.5) is 0 Å². The number of likely N-dealkylation sites (N-methyl/N-ethyl adjacent to an activating group) is 1. The van der Waals surface area contributed by atoms with Crippen LogP contribution in [0.15, 0.2) is 54.6 Å². The van der Waals surface area contributed by atoms with Gasteiger partial charge in [-0.05, 0) is 71.0 Å². The highest BCUT2D eigenvalue weighted by atomic mass is 15.1. The number of rotatable bonds is 4. The van der Waals surface area contributed by atoms with Crippen molar-refractivity contribution in [3.8, 4) is 23.7 Å². The maximum atomic E-state index is 3.21. The van der Waals surface area contributed by atoms with Crippen molar-refractivity contribution < 1.29 is 0 Å². The predicted octanol–water partition coefficient (Wildman–Crippen LogP) is 7.32. The number of nitrogens with zero attached hydrogens (tertiary/aromatic N) is 1. The van der Waals surface area contributed by atoms with Crippen molar-refractivity contribution in [2.24, 2.45) is 10.8 Å². The Kier molecular flexibility index (Phi) is 10.5. The number of hydrogen-bond donors (Lipinski definition) is 0. The van der Waals surface area contributed by atoms with E-state index in [9.17, 15) is 0 Å². The van der Waals surface area contributed by atoms with Gasteiger partial charge in [-0.1, -0.05) is 73.2 Å². The van der Waals surface area contributed by atoms with E-state index in [4.69, 9.17) is 0 Å². The van der Waals surface area contributed by atoms with Crippen LogP contribution < -0.4 is 0 Å². The Bertz CT molecular complexity index is 922. The molecule has 30 heavy (non-hydrogen) atoms. The van der Waals surface area contributed by atoms with Crippen molar-refractivity contribution >= 4 is 10.8 Å². The molecule has 160 valence electrons. The minimum Gasteiger partial charge on any atom is -0.298 e. The van der Waals surface area contributed by atoms with Crippen molar-refractivity contribution in [3.05, 3.63) is 60.2 Å². The monoisotopic (exact) mass is 401 g/mol. The first-order chi connectivity index (χ1) is 14.0. The third kappa shape index (κ3) is 11.5. The molecule has 2 rings (SSSR count). The fraction of sp³-hybridized carbons (Fsp3) is 0.448. The normalized spacial score (nSPS) is 11.4. The number of allylic oxidation sites excluding steroid dienone is 1. The fourth-order valence-electron chi connectivity index (χ4n) is 2.69. The molecule has 0 aliphatic rings. The first-order valence-electron chi connectivity index (χ1n) is 10.8. The van der Waals surface area contributed by atoms with Crippen LogP contribution in [0.5, 0.6) is 0 Å². The summed E-state index contributed by atoms with van der Waals surface area (Å²) in [7, 11) is 2.14. The second-order valence-electron chi connectivity index (χ2n) is 9.66. The molecule has 1 nitrogen and oxygen atoms in total. The summed E-state index contributed by atoms with van der Waals surface area (Å²) in [6, 6.07) is 15.1. The summed E-state index contributed by atoms with van der Waals surface area (Å²) in [6.45, 7) is 16.7. The molecule has 0 atom stereocenters. The molecule has 1 heteroatoms. The molecule has 0 saturated carbocycles. The molecule has 2 aromatic rings. The van der Waals surface area contributed by atoms with Gasteiger partial charge in [0.25, 0.3) is 0 Å². The Labute approximate surface area is 185 Å². The SMILES string of the molecule is CCC#CC(C)(C)C.CN(C/C=C/C#CC(C)(C)C)Cc1cccc2ccccc12. The Balaban J connectivity index is 0.000000479. The average molecular weight is 402 g/mol. The molecule has 0 spiro atoms. The Morgan fingerprint density at radius 3 is 2.10 bits per heavy atom. The molecule has 0 heterocycles. The summed E-state index contributed by atoms with van der Waals surface area (Å²) in [5, 5.41) is 2.65. The van der Waals surface area contributed by atoms with E-state index >= 15 is 0 Å². The minimum absolute atomic E-state index is 0.0686. The van der Waals surface area contributed by atoms with Gasteiger partial charge in [-0.2, -0.15) is 0 Å². The molecule has 0 N–H and O–H groups in total. The zero-order valence-electron chi connectivity index (χ0n) is 20.3. The van der Waals surface area contributed by atoms with E-state index in [2.05, 4.69) is 133 Å². The first kappa shape index (κ1) is 25.6. The lowest BCUT2D eigenvalue weighted by Gasteiger charge is -2.15. The molecule has 0 saturated heterocycles. The van der Waals surface area contributed by atoms with Crippen LogP contribution in [-0.2, 0) is 6.54 Å². The zero-order valence-corrected chi connectivity index (χ0v) is 20.3. The smallest absolute Gasteiger partial charge is 0.0240 e. The highest BCUT2D eigenvalue weighted by Crippen LogP contribution is 2.19. The van der Waals surface area contributed by atoms with Crippen molar-refractivity contribution in [2.45, 2.75) is 61.4 Å². The van der Waals surface area contributed by atoms with Crippen molar-refractivity contribution in [2.75, 3.05) is 13.6 Å². The molecule has 0 fully saturated rings. The maximum Gasteiger partial charge on any atom is 0.0240 e. The van der Waals surface area contributed by atoms with Crippen LogP contribution in [0.3, 0.4) is 0 Å². The third-order valence-electron chi connectivity index (χ3n) is 4.03. The van der Waals surface area contributed by atoms with E-state index in [1.165, 1.54) is 16.3 Å². The van der Waals surface area contributed by atoms with E-state index in [0.717, 1.165) is 19.5 Å². The Hall–Kier alpha value is -2.48. The first-order valence-corrected chi connectivity index (χ1v) is 10.8. The molecule has 0 aliphatic carbocycles. The van der Waals surface area contributed by atoms with Gasteiger partial charge in [0.1, 0.15) is 0 Å². The van der Waals surface area contributed by atoms with E-state index in [1.807, 2.05) is 6.08 Å². The summed E-state index contributed by atoms with van der Waals surface area (Å²) in [6.07, 6.45) is 5.06. The molecule has 0 aromatic heterocycles. The molecular weight excluding hydrogens is 362 g/mol. The van der Waals surface area contributed by atoms with Crippen LogP contribution in [0.2, 0.25) is 0 Å². The highest BCUT2D eigenvalue weighted by Gasteiger charge is 2.04. The van der Waals surface area contributed by atoms with Gasteiger partial charge >= 0.3 is 0 Å². The third-order valence-corrected chi connectivity index (χ3v) is 4.03. The van der Waals surface area contributed by atoms with Crippen molar-refractivity contribution in [1.82, 2.24) is 4.90 Å². The number of benzene rings is 2. The maximum absolute atomic E-state index is 3.21. The van der Waals surface area contributed by atoms with Gasteiger partial charge in [0.05, 0.1) is 0 Å². The van der Waals surface area contributed by atoms with Gasteiger partial charge in [-0.3, -0.25) is 4.90 Å². The summed E-state index contributed by atoms with van der Waals surface area (Å²) >= 11 is 0. The molecule has 2 aromatic carbocycles. The van der Waals surface area contributed by atoms with E-state index in [-0.39, 0.29) is 10.8 Å². The lowest BCUT2D eigenvalue weighted by molar-refractivity contribution is 0.365. The second kappa shape index (κ2) is 12.3. The number of fused-ring (bicyclic) bond motifs is 1. The number of hydrogen-bond acceptors (Lipinski definition) is 1. The van der Waals surface area contributed by atoms with Crippen LogP contribution in [-0.4, -0.2) is 18.5 Å². The lowest BCUT2D eigenvalue weighted by atomic mass is 9.98. The lowest BCUT2D eigenvalue weighted by Crippen LogP contribution is -2.17. The van der Waals surface area contributed by atoms with Crippen LogP contribution in [0, 0.1) is 34.5 Å². The molecule has 0 amide bonds. The van der Waals surface area contributed by atoms with Gasteiger partial charge in [0.2, 0.25) is 0 Å². The zero-order chi connectivity index (χ0) is 22.6. The molecule has 0 unspecified atom stereocenters. The summed E-state index contributed by atoms with van der Waals surface area (Å²) in [5.41, 5.74) is 1.63. The van der Waals surface area contributed by atoms with Gasteiger partial charge in [-0.15, -0.1) is 5.92 Å². The molecule has 0 aliphatic heterocycles. The standard InChI is InChI=1S/C21H25N.C8H14/c1-21(2,3)15-8-5-9-16-22(4)17-19-13-10-12-18-11-6-7-14-20(18)19;1-5-6-7-8(2,3)4/h5-7,9-14H,16-17H2,1-4H3;5H2,1-4H3/b9-5+;. The summed E-state index contributed by atoms with van der Waals surface area (Å²) < 4.78 is 0. The van der Waals surface area contributed by atoms with Gasteiger partial charge < -0.3 is 0 Å². The average Bonchev–Trinajstić information content (AvgIpc) is 2.65. The Morgan fingerprint density at radius 1 is 0.867 bits per heavy atom. The summed E-state index contributed by atoms with van der Waals surface area (Å²) in [5.74, 6) is 12.5. The minimum atomic E-state index is 0.0686. The molecular formula is C29H39N. The quantitative estimate of drug-likeness (QED) is 0.485. The molecule has 0 radical (unpaired) electrons. The fourth-order valence-corrected chi connectivity index (χ4v) is 2.69. The second-order valence-corrected chi connectivity index (χ2v) is 9.66. The topological polar surface area (TPSA) is 3.24 Å². The van der Waals surface area contributed by atoms with Crippen LogP contribution in [0.25, 0.3) is 10.8 Å². The van der Waals surface area contributed by atoms with Crippen LogP contribution in [0.1, 0.15) is 60.5 Å². The largest absolute Gasteiger partial charge is 0.298 e. The van der Waals surface area contributed by atoms with Gasteiger partial charge in [-0.25, -0.2) is 0 Å². The van der Waals surface area contributed by atoms with E-state index in [0.29, 0.717) is 0 Å². The highest BCUT2D eigenvalue weighted by molar-refractivity contribution is 5.85. The van der Waals surface area contributed by atoms with Crippen molar-refractivity contribution in [3.63, 3.8) is 0 Å². The van der Waals surface area contributed by atoms with E-state index < -0.39 is 0 Å². The van der Waals surface area contributed by atoms with Crippen molar-refractivity contribution in [1.29, 1.82) is 0 Å².